The van der Waals surface area contributed by atoms with Crippen LogP contribution in [0, 0.1) is 11.6 Å². The van der Waals surface area contributed by atoms with Crippen molar-refractivity contribution in [3.05, 3.63) is 78.0 Å². The fourth-order valence-corrected chi connectivity index (χ4v) is 3.33. The molecule has 6 nitrogen and oxygen atoms in total. The van der Waals surface area contributed by atoms with Crippen molar-refractivity contribution in [1.82, 2.24) is 14.9 Å². The van der Waals surface area contributed by atoms with Gasteiger partial charge < -0.3 is 14.8 Å². The Hall–Kier alpha value is -3.10. The summed E-state index contributed by atoms with van der Waals surface area (Å²) in [6, 6.07) is 13.9. The molecule has 1 N–H and O–H groups in total. The highest BCUT2D eigenvalue weighted by molar-refractivity contribution is 5.32. The summed E-state index contributed by atoms with van der Waals surface area (Å²) >= 11 is 0. The number of hydrogen-bond acceptors (Lipinski definition) is 6. The van der Waals surface area contributed by atoms with Crippen molar-refractivity contribution in [2.75, 3.05) is 38.2 Å². The van der Waals surface area contributed by atoms with E-state index in [1.54, 1.807) is 24.4 Å². The summed E-state index contributed by atoms with van der Waals surface area (Å²) in [7, 11) is 0. The summed E-state index contributed by atoms with van der Waals surface area (Å²) in [6.07, 6.45) is 1.59. The number of benzene rings is 2. The summed E-state index contributed by atoms with van der Waals surface area (Å²) in [4.78, 5) is 10.9. The highest BCUT2D eigenvalue weighted by Gasteiger charge is 2.23. The maximum Gasteiger partial charge on any atom is 0.226 e. The lowest BCUT2D eigenvalue weighted by atomic mass is 10.0. The van der Waals surface area contributed by atoms with Crippen molar-refractivity contribution in [3.63, 3.8) is 0 Å². The Labute approximate surface area is 173 Å². The molecular weight excluding hydrogens is 390 g/mol. The number of rotatable bonds is 7. The van der Waals surface area contributed by atoms with Gasteiger partial charge >= 0.3 is 0 Å². The molecule has 1 saturated heterocycles. The van der Waals surface area contributed by atoms with Gasteiger partial charge in [0.25, 0.3) is 0 Å². The number of aromatic nitrogens is 2. The summed E-state index contributed by atoms with van der Waals surface area (Å²) in [5.74, 6) is 0.654. The van der Waals surface area contributed by atoms with Crippen molar-refractivity contribution < 1.29 is 18.3 Å². The van der Waals surface area contributed by atoms with E-state index in [1.165, 1.54) is 36.4 Å². The number of anilines is 1. The highest BCUT2D eigenvalue weighted by atomic mass is 19.1. The first kappa shape index (κ1) is 20.2. The van der Waals surface area contributed by atoms with E-state index in [-0.39, 0.29) is 17.7 Å². The molecule has 1 unspecified atom stereocenters. The van der Waals surface area contributed by atoms with Crippen LogP contribution in [0.4, 0.5) is 14.7 Å². The largest absolute Gasteiger partial charge is 0.439 e. The molecule has 0 amide bonds. The fraction of sp³-hybridized carbons (Fsp3) is 0.273. The maximum atomic E-state index is 13.4. The van der Waals surface area contributed by atoms with Crippen LogP contribution in [0.25, 0.3) is 0 Å². The smallest absolute Gasteiger partial charge is 0.226 e. The third kappa shape index (κ3) is 5.28. The van der Waals surface area contributed by atoms with E-state index in [0.717, 1.165) is 18.7 Å². The van der Waals surface area contributed by atoms with Crippen LogP contribution in [0.5, 0.6) is 11.6 Å². The lowest BCUT2D eigenvalue weighted by molar-refractivity contribution is 0.0186. The predicted molar refractivity (Wildman–Crippen MR) is 109 cm³/mol. The zero-order valence-electron chi connectivity index (χ0n) is 16.3. The van der Waals surface area contributed by atoms with Crippen LogP contribution in [-0.4, -0.2) is 47.7 Å². The van der Waals surface area contributed by atoms with Crippen LogP contribution in [-0.2, 0) is 4.74 Å². The van der Waals surface area contributed by atoms with Crippen LogP contribution in [0.15, 0.2) is 60.8 Å². The molecule has 0 radical (unpaired) electrons. The molecule has 0 aliphatic carbocycles. The molecule has 4 rings (SSSR count). The van der Waals surface area contributed by atoms with Crippen molar-refractivity contribution in [1.29, 1.82) is 0 Å². The second-order valence-electron chi connectivity index (χ2n) is 6.87. The van der Waals surface area contributed by atoms with Gasteiger partial charge in [-0.05, 0) is 42.0 Å². The second kappa shape index (κ2) is 9.60. The van der Waals surface area contributed by atoms with Gasteiger partial charge in [-0.3, -0.25) is 4.90 Å². The topological polar surface area (TPSA) is 59.5 Å². The molecule has 1 aliphatic rings. The molecule has 8 heteroatoms. The average Bonchev–Trinajstić information content (AvgIpc) is 2.78. The third-order valence-corrected chi connectivity index (χ3v) is 4.86. The van der Waals surface area contributed by atoms with E-state index in [2.05, 4.69) is 20.2 Å². The maximum absolute atomic E-state index is 13.4. The Morgan fingerprint density at radius 2 is 1.63 bits per heavy atom. The van der Waals surface area contributed by atoms with Crippen LogP contribution in [0.1, 0.15) is 11.6 Å². The van der Waals surface area contributed by atoms with Crippen LogP contribution < -0.4 is 10.1 Å². The minimum absolute atomic E-state index is 0.0137. The summed E-state index contributed by atoms with van der Waals surface area (Å²) < 4.78 is 37.6. The van der Waals surface area contributed by atoms with E-state index >= 15 is 0 Å². The lowest BCUT2D eigenvalue weighted by Crippen LogP contribution is -2.41. The van der Waals surface area contributed by atoms with Crippen LogP contribution >= 0.6 is 0 Å². The Morgan fingerprint density at radius 1 is 0.967 bits per heavy atom. The molecule has 2 heterocycles. The normalized spacial score (nSPS) is 15.5. The monoisotopic (exact) mass is 412 g/mol. The lowest BCUT2D eigenvalue weighted by Gasteiger charge is -2.35. The number of morpholine rings is 1. The molecule has 156 valence electrons. The number of ether oxygens (including phenoxy) is 2. The van der Waals surface area contributed by atoms with Gasteiger partial charge in [-0.25, -0.2) is 13.8 Å². The molecule has 2 aromatic carbocycles. The van der Waals surface area contributed by atoms with Gasteiger partial charge in [0, 0.05) is 31.9 Å². The van der Waals surface area contributed by atoms with Gasteiger partial charge in [0.15, 0.2) is 0 Å². The summed E-state index contributed by atoms with van der Waals surface area (Å²) in [6.45, 7) is 3.44. The minimum atomic E-state index is -0.331. The average molecular weight is 412 g/mol. The zero-order valence-corrected chi connectivity index (χ0v) is 16.3. The quantitative estimate of drug-likeness (QED) is 0.632. The number of nitrogens with one attached hydrogen (secondary N) is 1. The van der Waals surface area contributed by atoms with Crippen molar-refractivity contribution in [3.8, 4) is 11.6 Å². The Balaban J connectivity index is 1.46. The number of nitrogens with zero attached hydrogens (tertiary/aromatic N) is 3. The second-order valence-corrected chi connectivity index (χ2v) is 6.87. The fourth-order valence-electron chi connectivity index (χ4n) is 3.33. The standard InChI is InChI=1S/C22H22F2N4O2/c23-17-3-1-16(2-4-17)20(28-11-13-29-14-12-28)15-26-22-25-10-9-21(27-22)30-19-7-5-18(24)6-8-19/h1-10,20H,11-15H2,(H,25,26,27). The van der Waals surface area contributed by atoms with E-state index in [9.17, 15) is 8.78 Å². The Bertz CT molecular complexity index is 948. The van der Waals surface area contributed by atoms with Crippen molar-refractivity contribution in [2.45, 2.75) is 6.04 Å². The molecule has 1 aromatic heterocycles. The molecule has 1 atom stereocenters. The van der Waals surface area contributed by atoms with Gasteiger partial charge in [0.2, 0.25) is 11.8 Å². The summed E-state index contributed by atoms with van der Waals surface area (Å²) in [5.41, 5.74) is 1.00. The number of hydrogen-bond donors (Lipinski definition) is 1. The first-order valence-electron chi connectivity index (χ1n) is 9.75. The van der Waals surface area contributed by atoms with Gasteiger partial charge in [-0.2, -0.15) is 4.98 Å². The molecule has 3 aromatic rings. The number of halogens is 2. The van der Waals surface area contributed by atoms with E-state index in [1.807, 2.05) is 0 Å². The SMILES string of the molecule is Fc1ccc(Oc2ccnc(NCC(c3ccc(F)cc3)N3CCOCC3)n2)cc1. The zero-order chi connectivity index (χ0) is 20.8. The first-order chi connectivity index (χ1) is 14.7. The molecule has 1 aliphatic heterocycles. The Morgan fingerprint density at radius 3 is 2.33 bits per heavy atom. The molecular formula is C22H22F2N4O2. The molecule has 0 bridgehead atoms. The van der Waals surface area contributed by atoms with Gasteiger partial charge in [0.1, 0.15) is 17.4 Å². The first-order valence-corrected chi connectivity index (χ1v) is 9.75. The van der Waals surface area contributed by atoms with Crippen LogP contribution in [0.2, 0.25) is 0 Å². The molecule has 0 saturated carbocycles. The van der Waals surface area contributed by atoms with Crippen molar-refractivity contribution in [2.24, 2.45) is 0 Å². The van der Waals surface area contributed by atoms with Gasteiger partial charge in [0.05, 0.1) is 19.3 Å². The van der Waals surface area contributed by atoms with Crippen molar-refractivity contribution >= 4 is 5.95 Å². The molecule has 1 fully saturated rings. The summed E-state index contributed by atoms with van der Waals surface area (Å²) in [5, 5.41) is 3.25. The highest BCUT2D eigenvalue weighted by Crippen LogP contribution is 2.24. The third-order valence-electron chi connectivity index (χ3n) is 4.86. The van der Waals surface area contributed by atoms with E-state index in [0.29, 0.717) is 37.3 Å². The Kier molecular flexibility index (Phi) is 6.46. The van der Waals surface area contributed by atoms with E-state index < -0.39 is 0 Å². The molecule has 0 spiro atoms. The minimum Gasteiger partial charge on any atom is -0.439 e. The van der Waals surface area contributed by atoms with Gasteiger partial charge in [-0.15, -0.1) is 0 Å². The van der Waals surface area contributed by atoms with Crippen LogP contribution in [0.3, 0.4) is 0 Å². The molecule has 30 heavy (non-hydrogen) atoms. The van der Waals surface area contributed by atoms with Gasteiger partial charge in [-0.1, -0.05) is 12.1 Å². The van der Waals surface area contributed by atoms with E-state index in [4.69, 9.17) is 9.47 Å². The predicted octanol–water partition coefficient (Wildman–Crippen LogP) is 4.03.